The lowest BCUT2D eigenvalue weighted by atomic mass is 10.1. The van der Waals surface area contributed by atoms with Crippen molar-refractivity contribution in [3.8, 4) is 23.7 Å². The van der Waals surface area contributed by atoms with Gasteiger partial charge in [-0.3, -0.25) is 24.5 Å². The van der Waals surface area contributed by atoms with Gasteiger partial charge >= 0.3 is 0 Å². The van der Waals surface area contributed by atoms with E-state index in [0.29, 0.717) is 12.1 Å². The van der Waals surface area contributed by atoms with Gasteiger partial charge in [-0.1, -0.05) is 32.1 Å². The molecule has 0 spiro atoms. The SMILES string of the molecule is C.C[C@@H](O)[C@H](NC(=O)c1ccc(C#CC#Cc2ccc(NC(=O)CN3CCCCCC3)cc2)cc1)C(=O)NO. The number of hydrogen-bond donors (Lipinski definition) is 5. The average molecular weight is 533 g/mol. The maximum Gasteiger partial charge on any atom is 0.268 e. The first-order chi connectivity index (χ1) is 18.4. The van der Waals surface area contributed by atoms with Crippen molar-refractivity contribution in [2.45, 2.75) is 52.2 Å². The highest BCUT2D eigenvalue weighted by Crippen LogP contribution is 2.12. The largest absolute Gasteiger partial charge is 0.391 e. The Labute approximate surface area is 229 Å². The van der Waals surface area contributed by atoms with Gasteiger partial charge in [0.1, 0.15) is 6.04 Å². The zero-order chi connectivity index (χ0) is 27.3. The number of anilines is 1. The van der Waals surface area contributed by atoms with Gasteiger partial charge in [-0.2, -0.15) is 0 Å². The van der Waals surface area contributed by atoms with Crippen LogP contribution in [0.15, 0.2) is 48.5 Å². The molecule has 0 aliphatic carbocycles. The summed E-state index contributed by atoms with van der Waals surface area (Å²) in [7, 11) is 0. The molecular formula is C30H36N4O5. The molecule has 206 valence electrons. The first-order valence-electron chi connectivity index (χ1n) is 12.5. The Bertz CT molecular complexity index is 1230. The predicted octanol–water partition coefficient (Wildman–Crippen LogP) is 2.52. The lowest BCUT2D eigenvalue weighted by Gasteiger charge is -2.19. The van der Waals surface area contributed by atoms with Crippen LogP contribution in [0.5, 0.6) is 0 Å². The molecule has 1 saturated heterocycles. The number of hydrogen-bond acceptors (Lipinski definition) is 6. The van der Waals surface area contributed by atoms with Gasteiger partial charge in [-0.15, -0.1) is 0 Å². The molecule has 39 heavy (non-hydrogen) atoms. The molecule has 2 aromatic rings. The van der Waals surface area contributed by atoms with Crippen molar-refractivity contribution < 1.29 is 24.7 Å². The van der Waals surface area contributed by atoms with Crippen molar-refractivity contribution in [2.24, 2.45) is 0 Å². The van der Waals surface area contributed by atoms with E-state index in [9.17, 15) is 19.5 Å². The third kappa shape index (κ3) is 10.3. The maximum atomic E-state index is 12.3. The summed E-state index contributed by atoms with van der Waals surface area (Å²) in [6.07, 6.45) is 3.56. The van der Waals surface area contributed by atoms with Gasteiger partial charge in [0.2, 0.25) is 5.91 Å². The third-order valence-electron chi connectivity index (χ3n) is 6.02. The number of amides is 3. The number of likely N-dealkylation sites (tertiary alicyclic amines) is 1. The molecule has 9 nitrogen and oxygen atoms in total. The summed E-state index contributed by atoms with van der Waals surface area (Å²) >= 11 is 0. The molecule has 1 aliphatic heterocycles. The van der Waals surface area contributed by atoms with E-state index < -0.39 is 24.0 Å². The van der Waals surface area contributed by atoms with E-state index in [1.165, 1.54) is 37.4 Å². The smallest absolute Gasteiger partial charge is 0.268 e. The maximum absolute atomic E-state index is 12.3. The number of nitrogens with zero attached hydrogens (tertiary/aromatic N) is 1. The van der Waals surface area contributed by atoms with Gasteiger partial charge in [0, 0.05) is 22.4 Å². The van der Waals surface area contributed by atoms with Gasteiger partial charge in [0.25, 0.3) is 11.8 Å². The van der Waals surface area contributed by atoms with Crippen LogP contribution in [0.1, 0.15) is 61.5 Å². The molecule has 1 fully saturated rings. The molecule has 2 aromatic carbocycles. The van der Waals surface area contributed by atoms with Crippen molar-refractivity contribution >= 4 is 23.4 Å². The zero-order valence-electron chi connectivity index (χ0n) is 21.3. The van der Waals surface area contributed by atoms with Crippen molar-refractivity contribution in [3.05, 3.63) is 65.2 Å². The molecule has 0 unspecified atom stereocenters. The molecule has 0 aromatic heterocycles. The highest BCUT2D eigenvalue weighted by Gasteiger charge is 2.25. The zero-order valence-corrected chi connectivity index (χ0v) is 21.3. The number of nitrogens with one attached hydrogen (secondary N) is 3. The molecule has 0 radical (unpaired) electrons. The summed E-state index contributed by atoms with van der Waals surface area (Å²) in [5.74, 6) is 9.88. The van der Waals surface area contributed by atoms with Crippen LogP contribution < -0.4 is 16.1 Å². The first kappa shape index (κ1) is 31.1. The predicted molar refractivity (Wildman–Crippen MR) is 150 cm³/mol. The fraction of sp³-hybridized carbons (Fsp3) is 0.367. The quantitative estimate of drug-likeness (QED) is 0.212. The number of aliphatic hydroxyl groups is 1. The van der Waals surface area contributed by atoms with Crippen LogP contribution in [0, 0.1) is 23.7 Å². The topological polar surface area (TPSA) is 131 Å². The van der Waals surface area contributed by atoms with Gasteiger partial charge in [0.15, 0.2) is 0 Å². The normalized spacial score (nSPS) is 14.4. The van der Waals surface area contributed by atoms with Crippen molar-refractivity contribution in [1.29, 1.82) is 0 Å². The third-order valence-corrected chi connectivity index (χ3v) is 6.02. The van der Waals surface area contributed by atoms with Crippen molar-refractivity contribution in [1.82, 2.24) is 15.7 Å². The summed E-state index contributed by atoms with van der Waals surface area (Å²) in [5, 5.41) is 23.7. The monoisotopic (exact) mass is 532 g/mol. The molecule has 1 aliphatic rings. The summed E-state index contributed by atoms with van der Waals surface area (Å²) in [4.78, 5) is 38.4. The minimum absolute atomic E-state index is 0. The highest BCUT2D eigenvalue weighted by molar-refractivity contribution is 5.97. The van der Waals surface area contributed by atoms with Crippen LogP contribution in [-0.4, -0.2) is 64.7 Å². The second-order valence-electron chi connectivity index (χ2n) is 9.06. The summed E-state index contributed by atoms with van der Waals surface area (Å²) in [6.45, 7) is 3.67. The molecule has 5 N–H and O–H groups in total. The molecule has 1 heterocycles. The Hall–Kier alpha value is -4.15. The lowest BCUT2D eigenvalue weighted by molar-refractivity contribution is -0.133. The number of carbonyl (C=O) groups is 3. The van der Waals surface area contributed by atoms with Crippen LogP contribution in [0.2, 0.25) is 0 Å². The minimum Gasteiger partial charge on any atom is -0.391 e. The second kappa shape index (κ2) is 16.0. The summed E-state index contributed by atoms with van der Waals surface area (Å²) in [6, 6.07) is 12.3. The molecule has 9 heteroatoms. The second-order valence-corrected chi connectivity index (χ2v) is 9.06. The van der Waals surface area contributed by atoms with E-state index in [-0.39, 0.29) is 18.9 Å². The standard InChI is InChI=1S/C29H32N4O5.CH4/c1-21(34)27(29(37)32-38)31-28(36)24-14-10-22(11-15-24)8-4-5-9-23-12-16-25(17-13-23)30-26(35)20-33-18-6-2-3-7-19-33;/h10-17,21,27,34,38H,2-3,6-7,18-20H2,1H3,(H,30,35)(H,31,36)(H,32,37);1H4/t21-,27+;/m1./s1. The Balaban J connectivity index is 0.00000533. The number of carbonyl (C=O) groups excluding carboxylic acids is 3. The number of benzene rings is 2. The summed E-state index contributed by atoms with van der Waals surface area (Å²) in [5.41, 5.74) is 3.80. The number of aliphatic hydroxyl groups excluding tert-OH is 1. The molecule has 3 amide bonds. The number of rotatable bonds is 7. The fourth-order valence-electron chi connectivity index (χ4n) is 3.95. The molecule has 2 atom stereocenters. The minimum atomic E-state index is -1.29. The lowest BCUT2D eigenvalue weighted by Crippen LogP contribution is -2.51. The Kier molecular flexibility index (Phi) is 12.7. The van der Waals surface area contributed by atoms with Crippen LogP contribution in [0.25, 0.3) is 0 Å². The Morgan fingerprint density at radius 3 is 1.95 bits per heavy atom. The van der Waals surface area contributed by atoms with Gasteiger partial charge in [0.05, 0.1) is 12.6 Å². The van der Waals surface area contributed by atoms with E-state index in [2.05, 4.69) is 39.2 Å². The molecule has 0 bridgehead atoms. The van der Waals surface area contributed by atoms with Crippen molar-refractivity contribution in [2.75, 3.05) is 25.0 Å². The fourth-order valence-corrected chi connectivity index (χ4v) is 3.95. The molecular weight excluding hydrogens is 496 g/mol. The van der Waals surface area contributed by atoms with E-state index in [0.717, 1.165) is 37.2 Å². The van der Waals surface area contributed by atoms with E-state index in [1.54, 1.807) is 12.1 Å². The molecule has 3 rings (SSSR count). The Morgan fingerprint density at radius 2 is 1.44 bits per heavy atom. The van der Waals surface area contributed by atoms with Gasteiger partial charge in [-0.25, -0.2) is 5.48 Å². The van der Waals surface area contributed by atoms with E-state index in [4.69, 9.17) is 5.21 Å². The van der Waals surface area contributed by atoms with Crippen LogP contribution >= 0.6 is 0 Å². The van der Waals surface area contributed by atoms with Crippen LogP contribution in [0.3, 0.4) is 0 Å². The van der Waals surface area contributed by atoms with Gasteiger partial charge < -0.3 is 15.7 Å². The average Bonchev–Trinajstić information content (AvgIpc) is 3.18. The Morgan fingerprint density at radius 1 is 0.897 bits per heavy atom. The molecule has 0 saturated carbocycles. The number of hydroxylamine groups is 1. The first-order valence-corrected chi connectivity index (χ1v) is 12.5. The van der Waals surface area contributed by atoms with E-state index >= 15 is 0 Å². The van der Waals surface area contributed by atoms with Crippen molar-refractivity contribution in [3.63, 3.8) is 0 Å². The van der Waals surface area contributed by atoms with Crippen LogP contribution in [-0.2, 0) is 9.59 Å². The van der Waals surface area contributed by atoms with E-state index in [1.807, 2.05) is 24.3 Å². The van der Waals surface area contributed by atoms with Gasteiger partial charge in [-0.05, 0) is 93.2 Å². The van der Waals surface area contributed by atoms with Crippen LogP contribution in [0.4, 0.5) is 5.69 Å². The highest BCUT2D eigenvalue weighted by atomic mass is 16.5. The summed E-state index contributed by atoms with van der Waals surface area (Å²) < 4.78 is 0.